The minimum atomic E-state index is -2.07. The Morgan fingerprint density at radius 1 is 0.848 bits per heavy atom. The monoisotopic (exact) mass is 650 g/mol. The summed E-state index contributed by atoms with van der Waals surface area (Å²) in [5, 5.41) is 0.754. The summed E-state index contributed by atoms with van der Waals surface area (Å²) in [6.07, 6.45) is -1.79. The normalized spacial score (nSPS) is 16.5. The minimum absolute atomic E-state index is 0.0427. The number of carbonyl (C=O) groups is 2. The fourth-order valence-corrected chi connectivity index (χ4v) is 11.4. The van der Waals surface area contributed by atoms with Gasteiger partial charge in [-0.15, -0.1) is 5.54 Å². The summed E-state index contributed by atoms with van der Waals surface area (Å²) in [6, 6.07) is 7.40. The van der Waals surface area contributed by atoms with Crippen LogP contribution in [0.25, 0.3) is 10.9 Å². The number of imide groups is 1. The first-order valence-corrected chi connectivity index (χ1v) is 18.6. The molecule has 10 heteroatoms. The molecule has 1 aromatic heterocycles. The fraction of sp³-hybridized carbons (Fsp3) is 0.639. The van der Waals surface area contributed by atoms with Gasteiger partial charge in [-0.2, -0.15) is 4.90 Å². The molecule has 0 unspecified atom stereocenters. The van der Waals surface area contributed by atoms with Gasteiger partial charge in [0.2, 0.25) is 0 Å². The van der Waals surface area contributed by atoms with Gasteiger partial charge >= 0.3 is 19.3 Å². The second-order valence-electron chi connectivity index (χ2n) is 16.3. The summed E-state index contributed by atoms with van der Waals surface area (Å²) in [4.78, 5) is 32.9. The molecule has 1 fully saturated rings. The molecule has 0 N–H and O–H groups in total. The zero-order valence-corrected chi connectivity index (χ0v) is 32.0. The lowest BCUT2D eigenvalue weighted by Crippen LogP contribution is -2.45. The molecule has 0 saturated carbocycles. The van der Waals surface area contributed by atoms with Crippen LogP contribution in [0.4, 0.5) is 15.4 Å². The number of nitrogens with zero attached hydrogens (tertiary/aromatic N) is 2. The number of pyridine rings is 1. The zero-order valence-electron chi connectivity index (χ0n) is 31.0. The Kier molecular flexibility index (Phi) is 10.6. The molecule has 3 rings (SSSR count). The minimum Gasteiger partial charge on any atom is -0.443 e. The van der Waals surface area contributed by atoms with Crippen molar-refractivity contribution < 1.29 is 28.4 Å². The van der Waals surface area contributed by atoms with Crippen molar-refractivity contribution >= 4 is 49.6 Å². The summed E-state index contributed by atoms with van der Waals surface area (Å²) in [5.74, 6) is 3.64. The summed E-state index contributed by atoms with van der Waals surface area (Å²) in [6.45, 7) is 32.1. The molecular formula is C36H55BN2O6Si. The Morgan fingerprint density at radius 2 is 1.30 bits per heavy atom. The van der Waals surface area contributed by atoms with E-state index in [2.05, 4.69) is 53.0 Å². The topological polar surface area (TPSA) is 87.2 Å². The van der Waals surface area contributed by atoms with Crippen LogP contribution in [0.15, 0.2) is 24.3 Å². The number of aromatic nitrogens is 1. The first kappa shape index (κ1) is 37.6. The van der Waals surface area contributed by atoms with E-state index < -0.39 is 49.8 Å². The maximum atomic E-state index is 13.6. The van der Waals surface area contributed by atoms with Gasteiger partial charge in [-0.25, -0.2) is 14.6 Å². The molecule has 0 bridgehead atoms. The molecular weight excluding hydrogens is 595 g/mol. The first-order chi connectivity index (χ1) is 20.8. The Bertz CT molecular complexity index is 1460. The van der Waals surface area contributed by atoms with Crippen molar-refractivity contribution in [3.63, 3.8) is 0 Å². The standard InChI is InChI=1S/C36H55BN2O6Si/c1-23(2)46(24(3)4,25(5)6)21-20-26-18-17-19-28-30(26)27(37-44-35(13,14)36(15,16)45-37)22-29(38-28)39(31(40)42-33(7,8)9)32(41)43-34(10,11)12/h17-19,22-25H,1-16H3. The Labute approximate surface area is 278 Å². The van der Waals surface area contributed by atoms with E-state index in [1.807, 2.05) is 45.9 Å². The van der Waals surface area contributed by atoms with Crippen molar-refractivity contribution in [3.05, 3.63) is 29.8 Å². The van der Waals surface area contributed by atoms with Gasteiger partial charge in [0.1, 0.15) is 25.1 Å². The molecule has 2 aromatic rings. The largest absolute Gasteiger partial charge is 0.495 e. The van der Waals surface area contributed by atoms with Crippen LogP contribution in [-0.4, -0.2) is 54.8 Å². The molecule has 2 amide bonds. The molecule has 0 atom stereocenters. The van der Waals surface area contributed by atoms with Crippen molar-refractivity contribution in [2.45, 2.75) is 150 Å². The predicted octanol–water partition coefficient (Wildman–Crippen LogP) is 8.78. The molecule has 252 valence electrons. The van der Waals surface area contributed by atoms with Crippen LogP contribution >= 0.6 is 0 Å². The van der Waals surface area contributed by atoms with E-state index in [0.29, 0.717) is 27.6 Å². The van der Waals surface area contributed by atoms with Gasteiger partial charge in [-0.3, -0.25) is 0 Å². The summed E-state index contributed by atoms with van der Waals surface area (Å²) >= 11 is 0. The molecule has 2 heterocycles. The van der Waals surface area contributed by atoms with Gasteiger partial charge < -0.3 is 18.8 Å². The van der Waals surface area contributed by atoms with E-state index in [4.69, 9.17) is 23.8 Å². The van der Waals surface area contributed by atoms with Gasteiger partial charge in [0, 0.05) is 10.9 Å². The van der Waals surface area contributed by atoms with Crippen molar-refractivity contribution in [3.8, 4) is 11.5 Å². The van der Waals surface area contributed by atoms with Gasteiger partial charge in [-0.05, 0) is 110 Å². The van der Waals surface area contributed by atoms with Crippen molar-refractivity contribution in [2.75, 3.05) is 4.90 Å². The van der Waals surface area contributed by atoms with Crippen LogP contribution in [0, 0.1) is 11.5 Å². The van der Waals surface area contributed by atoms with Crippen molar-refractivity contribution in [1.29, 1.82) is 0 Å². The maximum absolute atomic E-state index is 13.6. The lowest BCUT2D eigenvalue weighted by atomic mass is 9.76. The molecule has 46 heavy (non-hydrogen) atoms. The third-order valence-corrected chi connectivity index (χ3v) is 15.3. The summed E-state index contributed by atoms with van der Waals surface area (Å²) in [5.41, 5.74) is 4.14. The number of ether oxygens (including phenoxy) is 2. The molecule has 0 radical (unpaired) electrons. The summed E-state index contributed by atoms with van der Waals surface area (Å²) in [7, 11) is -2.89. The lowest BCUT2D eigenvalue weighted by molar-refractivity contribution is 0.00578. The second kappa shape index (κ2) is 13.0. The number of rotatable bonds is 5. The van der Waals surface area contributed by atoms with E-state index >= 15 is 0 Å². The molecule has 8 nitrogen and oxygen atoms in total. The molecule has 0 spiro atoms. The Morgan fingerprint density at radius 3 is 1.72 bits per heavy atom. The highest BCUT2D eigenvalue weighted by atomic mass is 28.3. The number of hydrogen-bond acceptors (Lipinski definition) is 7. The predicted molar refractivity (Wildman–Crippen MR) is 190 cm³/mol. The van der Waals surface area contributed by atoms with E-state index in [0.717, 1.165) is 15.8 Å². The fourth-order valence-electron chi connectivity index (χ4n) is 6.16. The van der Waals surface area contributed by atoms with E-state index in [-0.39, 0.29) is 5.82 Å². The number of benzene rings is 1. The summed E-state index contributed by atoms with van der Waals surface area (Å²) < 4.78 is 24.4. The van der Waals surface area contributed by atoms with Gasteiger partial charge in [0.25, 0.3) is 0 Å². The highest BCUT2D eigenvalue weighted by Crippen LogP contribution is 2.41. The Hall–Kier alpha value is -2.87. The lowest BCUT2D eigenvalue weighted by Gasteiger charge is -2.38. The molecule has 1 saturated heterocycles. The highest BCUT2D eigenvalue weighted by molar-refractivity contribution is 6.90. The average Bonchev–Trinajstić information content (AvgIpc) is 3.07. The molecule has 1 aliphatic rings. The quantitative estimate of drug-likeness (QED) is 0.236. The number of amides is 2. The van der Waals surface area contributed by atoms with Crippen LogP contribution in [0.1, 0.15) is 116 Å². The van der Waals surface area contributed by atoms with Crippen LogP contribution in [0.5, 0.6) is 0 Å². The Balaban J connectivity index is 2.40. The number of carbonyl (C=O) groups excluding carboxylic acids is 2. The average molecular weight is 651 g/mol. The van der Waals surface area contributed by atoms with Gasteiger partial charge in [-0.1, -0.05) is 53.5 Å². The first-order valence-electron chi connectivity index (χ1n) is 16.4. The van der Waals surface area contributed by atoms with E-state index in [9.17, 15) is 9.59 Å². The van der Waals surface area contributed by atoms with Gasteiger partial charge in [0.05, 0.1) is 16.7 Å². The van der Waals surface area contributed by atoms with E-state index in [1.54, 1.807) is 47.6 Å². The van der Waals surface area contributed by atoms with Gasteiger partial charge in [0.15, 0.2) is 0 Å². The SMILES string of the molecule is CC(C)[Si](C#Cc1cccc2nc(N(C(=O)OC(C)(C)C)C(=O)OC(C)(C)C)cc(B3OC(C)(C)C(C)(C)O3)c12)(C(C)C)C(C)C. The third-order valence-electron chi connectivity index (χ3n) is 9.02. The van der Waals surface area contributed by atoms with Crippen LogP contribution in [0.3, 0.4) is 0 Å². The zero-order chi connectivity index (χ0) is 35.2. The number of hydrogen-bond donors (Lipinski definition) is 0. The van der Waals surface area contributed by atoms with Crippen molar-refractivity contribution in [2.24, 2.45) is 0 Å². The highest BCUT2D eigenvalue weighted by Gasteiger charge is 2.52. The second-order valence-corrected chi connectivity index (χ2v) is 21.9. The smallest absolute Gasteiger partial charge is 0.443 e. The number of anilines is 1. The number of fused-ring (bicyclic) bond motifs is 1. The van der Waals surface area contributed by atoms with Crippen LogP contribution in [-0.2, 0) is 18.8 Å². The van der Waals surface area contributed by atoms with Crippen LogP contribution in [0.2, 0.25) is 16.6 Å². The molecule has 1 aliphatic heterocycles. The van der Waals surface area contributed by atoms with Crippen LogP contribution < -0.4 is 10.4 Å². The van der Waals surface area contributed by atoms with Crippen molar-refractivity contribution in [1.82, 2.24) is 4.98 Å². The maximum Gasteiger partial charge on any atom is 0.495 e. The molecule has 1 aromatic carbocycles. The van der Waals surface area contributed by atoms with E-state index in [1.165, 1.54) is 0 Å². The molecule has 0 aliphatic carbocycles. The third kappa shape index (κ3) is 7.80.